The second-order valence-electron chi connectivity index (χ2n) is 4.82. The second kappa shape index (κ2) is 6.50. The molecule has 0 aliphatic carbocycles. The first-order valence-electron chi connectivity index (χ1n) is 6.07. The topological polar surface area (TPSA) is 63.4 Å². The molecule has 2 unspecified atom stereocenters. The van der Waals surface area contributed by atoms with Crippen LogP contribution in [-0.2, 0) is 0 Å². The summed E-state index contributed by atoms with van der Waals surface area (Å²) in [5.41, 5.74) is 6.73. The van der Waals surface area contributed by atoms with Gasteiger partial charge in [0.15, 0.2) is 0 Å². The molecule has 2 aliphatic heterocycles. The lowest BCUT2D eigenvalue weighted by Gasteiger charge is -2.35. The normalized spacial score (nSPS) is 24.4. The number of methoxy groups -OCH3 is 1. The lowest BCUT2D eigenvalue weighted by atomic mass is 10.2. The number of aromatic nitrogens is 1. The maximum Gasteiger partial charge on any atom is 0.147 e. The summed E-state index contributed by atoms with van der Waals surface area (Å²) in [6.07, 6.45) is 4.36. The van der Waals surface area contributed by atoms with Gasteiger partial charge in [-0.25, -0.2) is 4.98 Å². The third kappa shape index (κ3) is 3.16. The minimum absolute atomic E-state index is 0. The summed E-state index contributed by atoms with van der Waals surface area (Å²) in [5.74, 6) is 1.32. The number of nitrogens with two attached hydrogens (primary N) is 1. The Balaban J connectivity index is 0.000000902. The van der Waals surface area contributed by atoms with Crippen molar-refractivity contribution in [3.05, 3.63) is 12.3 Å². The number of rotatable bonds is 2. The number of nitrogens with one attached hydrogen (secondary N) is 1. The van der Waals surface area contributed by atoms with Crippen LogP contribution in [0.4, 0.5) is 11.5 Å². The quantitative estimate of drug-likeness (QED) is 0.866. The predicted molar refractivity (Wildman–Crippen MR) is 81.9 cm³/mol. The number of pyridine rings is 1. The number of nitrogens with zero attached hydrogens (tertiary/aromatic N) is 2. The van der Waals surface area contributed by atoms with Crippen LogP contribution in [0.3, 0.4) is 0 Å². The van der Waals surface area contributed by atoms with Gasteiger partial charge in [-0.3, -0.25) is 0 Å². The molecular weight excluding hydrogens is 287 g/mol. The van der Waals surface area contributed by atoms with E-state index in [9.17, 15) is 0 Å². The van der Waals surface area contributed by atoms with E-state index >= 15 is 0 Å². The molecule has 0 amide bonds. The molecule has 3 heterocycles. The Bertz CT molecular complexity index is 420. The molecular formula is C12H20Cl2N4O. The van der Waals surface area contributed by atoms with E-state index < -0.39 is 0 Å². The summed E-state index contributed by atoms with van der Waals surface area (Å²) < 4.78 is 5.39. The summed E-state index contributed by atoms with van der Waals surface area (Å²) in [4.78, 5) is 6.52. The van der Waals surface area contributed by atoms with E-state index in [0.717, 1.165) is 24.5 Å². The fraction of sp³-hybridized carbons (Fsp3) is 0.583. The second-order valence-corrected chi connectivity index (χ2v) is 4.82. The fourth-order valence-corrected chi connectivity index (χ4v) is 2.84. The highest BCUT2D eigenvalue weighted by Gasteiger charge is 2.33. The van der Waals surface area contributed by atoms with Gasteiger partial charge in [0.05, 0.1) is 19.0 Å². The summed E-state index contributed by atoms with van der Waals surface area (Å²) in [7, 11) is 1.68. The van der Waals surface area contributed by atoms with Crippen molar-refractivity contribution in [3.63, 3.8) is 0 Å². The Kier molecular flexibility index (Phi) is 5.52. The van der Waals surface area contributed by atoms with Crippen molar-refractivity contribution < 1.29 is 4.74 Å². The lowest BCUT2D eigenvalue weighted by molar-refractivity contribution is 0.407. The van der Waals surface area contributed by atoms with Crippen LogP contribution in [0.5, 0.6) is 5.75 Å². The number of anilines is 2. The molecule has 0 aromatic carbocycles. The monoisotopic (exact) mass is 306 g/mol. The Morgan fingerprint density at radius 1 is 1.32 bits per heavy atom. The molecule has 3 N–H and O–H groups in total. The summed E-state index contributed by atoms with van der Waals surface area (Å²) in [5, 5.41) is 3.61. The lowest BCUT2D eigenvalue weighted by Crippen LogP contribution is -2.51. The molecule has 108 valence electrons. The molecule has 2 fully saturated rings. The van der Waals surface area contributed by atoms with Crippen molar-refractivity contribution in [2.75, 3.05) is 30.8 Å². The third-order valence-electron chi connectivity index (χ3n) is 3.64. The highest BCUT2D eigenvalue weighted by atomic mass is 35.5. The number of piperazine rings is 1. The Hall–Kier alpha value is -0.910. The van der Waals surface area contributed by atoms with Crippen LogP contribution in [0.2, 0.25) is 0 Å². The molecule has 7 heteroatoms. The molecule has 1 aromatic rings. The minimum atomic E-state index is 0. The molecule has 19 heavy (non-hydrogen) atoms. The number of fused-ring (bicyclic) bond motifs is 2. The van der Waals surface area contributed by atoms with Gasteiger partial charge >= 0.3 is 0 Å². The Morgan fingerprint density at radius 3 is 2.53 bits per heavy atom. The van der Waals surface area contributed by atoms with E-state index in [2.05, 4.69) is 15.2 Å². The number of hydrogen-bond donors (Lipinski definition) is 2. The smallest absolute Gasteiger partial charge is 0.147 e. The number of halogens is 2. The van der Waals surface area contributed by atoms with Gasteiger partial charge in [0.1, 0.15) is 11.6 Å². The maximum absolute atomic E-state index is 5.68. The molecule has 0 saturated carbocycles. The molecule has 2 bridgehead atoms. The average Bonchev–Trinajstić information content (AvgIpc) is 2.68. The van der Waals surface area contributed by atoms with Crippen LogP contribution in [0, 0.1) is 0 Å². The molecule has 2 saturated heterocycles. The van der Waals surface area contributed by atoms with Gasteiger partial charge in [-0.2, -0.15) is 0 Å². The van der Waals surface area contributed by atoms with E-state index in [-0.39, 0.29) is 24.8 Å². The average molecular weight is 307 g/mol. The first-order chi connectivity index (χ1) is 8.26. The van der Waals surface area contributed by atoms with Crippen molar-refractivity contribution in [2.24, 2.45) is 0 Å². The van der Waals surface area contributed by atoms with Crippen LogP contribution in [-0.4, -0.2) is 37.3 Å². The van der Waals surface area contributed by atoms with Crippen molar-refractivity contribution in [1.29, 1.82) is 0 Å². The highest BCUT2D eigenvalue weighted by Crippen LogP contribution is 2.32. The zero-order valence-corrected chi connectivity index (χ0v) is 12.5. The van der Waals surface area contributed by atoms with Crippen molar-refractivity contribution in [2.45, 2.75) is 24.9 Å². The van der Waals surface area contributed by atoms with Crippen LogP contribution in [0.15, 0.2) is 12.3 Å². The van der Waals surface area contributed by atoms with Gasteiger partial charge in [0.2, 0.25) is 0 Å². The van der Waals surface area contributed by atoms with Crippen LogP contribution in [0.25, 0.3) is 0 Å². The Morgan fingerprint density at radius 2 is 1.95 bits per heavy atom. The van der Waals surface area contributed by atoms with Crippen LogP contribution < -0.4 is 20.7 Å². The summed E-state index contributed by atoms with van der Waals surface area (Å²) in [6, 6.07) is 3.01. The van der Waals surface area contributed by atoms with Gasteiger partial charge in [0, 0.05) is 31.2 Å². The molecule has 3 rings (SSSR count). The highest BCUT2D eigenvalue weighted by molar-refractivity contribution is 5.85. The first kappa shape index (κ1) is 16.1. The van der Waals surface area contributed by atoms with E-state index in [4.69, 9.17) is 10.5 Å². The summed E-state index contributed by atoms with van der Waals surface area (Å²) in [6.45, 7) is 2.05. The zero-order valence-electron chi connectivity index (χ0n) is 10.8. The van der Waals surface area contributed by atoms with E-state index in [1.807, 2.05) is 6.20 Å². The van der Waals surface area contributed by atoms with Crippen molar-refractivity contribution >= 4 is 36.3 Å². The predicted octanol–water partition coefficient (Wildman–Crippen LogP) is 1.46. The number of ether oxygens (including phenoxy) is 1. The van der Waals surface area contributed by atoms with E-state index in [1.165, 1.54) is 12.8 Å². The van der Waals surface area contributed by atoms with E-state index in [1.54, 1.807) is 13.2 Å². The molecule has 5 nitrogen and oxygen atoms in total. The SMILES string of the molecule is COc1cc(N)ncc1N1CC2CCC(C1)N2.Cl.Cl. The van der Waals surface area contributed by atoms with Gasteiger partial charge < -0.3 is 20.7 Å². The Labute approximate surface area is 125 Å². The standard InChI is InChI=1S/C12H18N4O.2ClH/c1-17-11-4-12(13)14-5-10(11)16-6-8-2-3-9(7-16)15-8;;/h4-5,8-9,15H,2-3,6-7H2,1H3,(H2,13,14);2*1H. The summed E-state index contributed by atoms with van der Waals surface area (Å²) >= 11 is 0. The largest absolute Gasteiger partial charge is 0.494 e. The number of hydrogen-bond acceptors (Lipinski definition) is 5. The molecule has 1 aromatic heterocycles. The number of nitrogen functional groups attached to an aromatic ring is 1. The fourth-order valence-electron chi connectivity index (χ4n) is 2.84. The van der Waals surface area contributed by atoms with Gasteiger partial charge in [-0.15, -0.1) is 24.8 Å². The van der Waals surface area contributed by atoms with Gasteiger partial charge in [-0.1, -0.05) is 0 Å². The van der Waals surface area contributed by atoms with E-state index in [0.29, 0.717) is 17.9 Å². The van der Waals surface area contributed by atoms with Crippen LogP contribution in [0.1, 0.15) is 12.8 Å². The molecule has 2 atom stereocenters. The molecule has 0 spiro atoms. The maximum atomic E-state index is 5.68. The first-order valence-corrected chi connectivity index (χ1v) is 6.07. The molecule has 0 radical (unpaired) electrons. The molecule has 2 aliphatic rings. The third-order valence-corrected chi connectivity index (χ3v) is 3.64. The van der Waals surface area contributed by atoms with Crippen molar-refractivity contribution in [3.8, 4) is 5.75 Å². The minimum Gasteiger partial charge on any atom is -0.494 e. The van der Waals surface area contributed by atoms with Gasteiger partial charge in [-0.05, 0) is 12.8 Å². The zero-order chi connectivity index (χ0) is 11.8. The van der Waals surface area contributed by atoms with Crippen LogP contribution >= 0.6 is 24.8 Å². The van der Waals surface area contributed by atoms with Gasteiger partial charge in [0.25, 0.3) is 0 Å². The van der Waals surface area contributed by atoms with Crippen molar-refractivity contribution in [1.82, 2.24) is 10.3 Å².